The van der Waals surface area contributed by atoms with E-state index >= 15 is 0 Å². The van der Waals surface area contributed by atoms with Crippen LogP contribution in [0, 0.1) is 12.8 Å². The molecule has 0 amide bonds. The predicted molar refractivity (Wildman–Crippen MR) is 69.8 cm³/mol. The van der Waals surface area contributed by atoms with Crippen LogP contribution in [0.1, 0.15) is 37.4 Å². The smallest absolute Gasteiger partial charge is 0.0408 e. The summed E-state index contributed by atoms with van der Waals surface area (Å²) in [6.45, 7) is 6.43. The summed E-state index contributed by atoms with van der Waals surface area (Å²) >= 11 is 5.89. The summed E-state index contributed by atoms with van der Waals surface area (Å²) in [4.78, 5) is 0. The van der Waals surface area contributed by atoms with E-state index in [9.17, 15) is 0 Å². The molecule has 1 nitrogen and oxygen atoms in total. The van der Waals surface area contributed by atoms with Crippen molar-refractivity contribution in [1.29, 1.82) is 0 Å². The van der Waals surface area contributed by atoms with Crippen LogP contribution in [0.15, 0.2) is 18.2 Å². The standard InChI is InChI=1S/C12H18ClN.ClH/c1-8(2)6-12(14)11-5-4-10(13)7-9(11)3;/h4-5,7-8,12H,6,14H2,1-3H3;1H/t12-;/m1./s1. The average Bonchev–Trinajstić information content (AvgIpc) is 2.01. The van der Waals surface area contributed by atoms with Crippen molar-refractivity contribution in [2.75, 3.05) is 0 Å². The fourth-order valence-electron chi connectivity index (χ4n) is 1.69. The zero-order chi connectivity index (χ0) is 10.7. The van der Waals surface area contributed by atoms with Gasteiger partial charge in [0.05, 0.1) is 0 Å². The first-order valence-electron chi connectivity index (χ1n) is 5.02. The maximum atomic E-state index is 6.10. The summed E-state index contributed by atoms with van der Waals surface area (Å²) < 4.78 is 0. The van der Waals surface area contributed by atoms with Gasteiger partial charge < -0.3 is 5.73 Å². The third-order valence-electron chi connectivity index (χ3n) is 2.36. The minimum absolute atomic E-state index is 0. The van der Waals surface area contributed by atoms with Gasteiger partial charge in [0.2, 0.25) is 0 Å². The van der Waals surface area contributed by atoms with E-state index in [0.717, 1.165) is 11.4 Å². The summed E-state index contributed by atoms with van der Waals surface area (Å²) in [5.41, 5.74) is 8.50. The van der Waals surface area contributed by atoms with Crippen LogP contribution in [0.5, 0.6) is 0 Å². The van der Waals surface area contributed by atoms with Crippen molar-refractivity contribution in [1.82, 2.24) is 0 Å². The maximum Gasteiger partial charge on any atom is 0.0408 e. The predicted octanol–water partition coefficient (Wildman–Crippen LogP) is 4.12. The van der Waals surface area contributed by atoms with Crippen LogP contribution in [0.3, 0.4) is 0 Å². The Morgan fingerprint density at radius 2 is 1.93 bits per heavy atom. The number of hydrogen-bond donors (Lipinski definition) is 1. The van der Waals surface area contributed by atoms with Gasteiger partial charge in [0.1, 0.15) is 0 Å². The molecule has 0 saturated carbocycles. The monoisotopic (exact) mass is 247 g/mol. The van der Waals surface area contributed by atoms with Gasteiger partial charge in [-0.05, 0) is 42.5 Å². The first kappa shape index (κ1) is 14.8. The van der Waals surface area contributed by atoms with E-state index in [4.69, 9.17) is 17.3 Å². The number of aryl methyl sites for hydroxylation is 1. The Morgan fingerprint density at radius 1 is 1.33 bits per heavy atom. The SMILES string of the molecule is Cc1cc(Cl)ccc1[C@H](N)CC(C)C.Cl. The Morgan fingerprint density at radius 3 is 2.40 bits per heavy atom. The van der Waals surface area contributed by atoms with Crippen LogP contribution in [0.25, 0.3) is 0 Å². The molecule has 1 aromatic carbocycles. The molecular formula is C12H19Cl2N. The molecule has 0 bridgehead atoms. The topological polar surface area (TPSA) is 26.0 Å². The molecule has 3 heteroatoms. The van der Waals surface area contributed by atoms with E-state index in [1.54, 1.807) is 0 Å². The fraction of sp³-hybridized carbons (Fsp3) is 0.500. The number of benzene rings is 1. The van der Waals surface area contributed by atoms with E-state index in [-0.39, 0.29) is 18.4 Å². The minimum Gasteiger partial charge on any atom is -0.324 e. The number of rotatable bonds is 3. The highest BCUT2D eigenvalue weighted by Gasteiger charge is 2.10. The second-order valence-corrected chi connectivity index (χ2v) is 4.67. The number of hydrogen-bond acceptors (Lipinski definition) is 1. The molecule has 0 aliphatic rings. The molecule has 86 valence electrons. The Balaban J connectivity index is 0.00000196. The van der Waals surface area contributed by atoms with Gasteiger partial charge in [-0.1, -0.05) is 31.5 Å². The van der Waals surface area contributed by atoms with Crippen LogP contribution in [-0.4, -0.2) is 0 Å². The lowest BCUT2D eigenvalue weighted by Gasteiger charge is -2.16. The van der Waals surface area contributed by atoms with Crippen LogP contribution >= 0.6 is 24.0 Å². The summed E-state index contributed by atoms with van der Waals surface area (Å²) in [6.07, 6.45) is 1.02. The van der Waals surface area contributed by atoms with Crippen molar-refractivity contribution < 1.29 is 0 Å². The first-order chi connectivity index (χ1) is 6.50. The summed E-state index contributed by atoms with van der Waals surface area (Å²) in [6, 6.07) is 6.04. The van der Waals surface area contributed by atoms with E-state index in [2.05, 4.69) is 20.8 Å². The van der Waals surface area contributed by atoms with Gasteiger partial charge in [-0.25, -0.2) is 0 Å². The normalized spacial score (nSPS) is 12.4. The van der Waals surface area contributed by atoms with Crippen molar-refractivity contribution in [3.63, 3.8) is 0 Å². The van der Waals surface area contributed by atoms with Crippen molar-refractivity contribution in [3.8, 4) is 0 Å². The molecule has 0 radical (unpaired) electrons. The molecule has 15 heavy (non-hydrogen) atoms. The molecule has 0 unspecified atom stereocenters. The molecule has 0 saturated heterocycles. The summed E-state index contributed by atoms with van der Waals surface area (Å²) in [5.74, 6) is 0.625. The largest absolute Gasteiger partial charge is 0.324 e. The molecule has 1 aromatic rings. The molecule has 0 aliphatic carbocycles. The number of nitrogens with two attached hydrogens (primary N) is 1. The van der Waals surface area contributed by atoms with Crippen LogP contribution in [0.4, 0.5) is 0 Å². The van der Waals surface area contributed by atoms with E-state index < -0.39 is 0 Å². The lowest BCUT2D eigenvalue weighted by molar-refractivity contribution is 0.508. The molecule has 0 aliphatic heterocycles. The highest BCUT2D eigenvalue weighted by Crippen LogP contribution is 2.24. The third-order valence-corrected chi connectivity index (χ3v) is 2.59. The zero-order valence-corrected chi connectivity index (χ0v) is 11.0. The van der Waals surface area contributed by atoms with E-state index in [0.29, 0.717) is 5.92 Å². The minimum atomic E-state index is 0. The van der Waals surface area contributed by atoms with Gasteiger partial charge >= 0.3 is 0 Å². The Hall–Kier alpha value is -0.240. The lowest BCUT2D eigenvalue weighted by atomic mass is 9.95. The molecule has 0 aromatic heterocycles. The van der Waals surface area contributed by atoms with Gasteiger partial charge in [0, 0.05) is 11.1 Å². The summed E-state index contributed by atoms with van der Waals surface area (Å²) in [5, 5.41) is 0.781. The summed E-state index contributed by atoms with van der Waals surface area (Å²) in [7, 11) is 0. The van der Waals surface area contributed by atoms with Crippen molar-refractivity contribution in [2.45, 2.75) is 33.2 Å². The van der Waals surface area contributed by atoms with Gasteiger partial charge in [0.25, 0.3) is 0 Å². The Labute approximate surface area is 103 Å². The Bertz CT molecular complexity index is 310. The van der Waals surface area contributed by atoms with Gasteiger partial charge in [-0.2, -0.15) is 0 Å². The Kier molecular flexibility index (Phi) is 6.26. The highest BCUT2D eigenvalue weighted by atomic mass is 35.5. The quantitative estimate of drug-likeness (QED) is 0.855. The third kappa shape index (κ3) is 4.42. The van der Waals surface area contributed by atoms with Gasteiger partial charge in [-0.15, -0.1) is 12.4 Å². The van der Waals surface area contributed by atoms with Crippen LogP contribution < -0.4 is 5.73 Å². The van der Waals surface area contributed by atoms with Crippen LogP contribution in [-0.2, 0) is 0 Å². The van der Waals surface area contributed by atoms with Gasteiger partial charge in [0.15, 0.2) is 0 Å². The second-order valence-electron chi connectivity index (χ2n) is 4.24. The molecule has 2 N–H and O–H groups in total. The maximum absolute atomic E-state index is 6.10. The van der Waals surface area contributed by atoms with Crippen molar-refractivity contribution >= 4 is 24.0 Å². The lowest BCUT2D eigenvalue weighted by Crippen LogP contribution is -2.14. The molecule has 0 heterocycles. The molecule has 1 atom stereocenters. The van der Waals surface area contributed by atoms with E-state index in [1.807, 2.05) is 18.2 Å². The molecular weight excluding hydrogens is 229 g/mol. The van der Waals surface area contributed by atoms with Gasteiger partial charge in [-0.3, -0.25) is 0 Å². The fourth-order valence-corrected chi connectivity index (χ4v) is 1.92. The van der Waals surface area contributed by atoms with Crippen molar-refractivity contribution in [3.05, 3.63) is 34.3 Å². The molecule has 0 spiro atoms. The average molecular weight is 248 g/mol. The molecule has 1 rings (SSSR count). The van der Waals surface area contributed by atoms with Crippen molar-refractivity contribution in [2.24, 2.45) is 11.7 Å². The number of halogens is 2. The zero-order valence-electron chi connectivity index (χ0n) is 9.46. The van der Waals surface area contributed by atoms with Crippen LogP contribution in [0.2, 0.25) is 5.02 Å². The molecule has 0 fully saturated rings. The highest BCUT2D eigenvalue weighted by molar-refractivity contribution is 6.30. The second kappa shape index (κ2) is 6.37. The first-order valence-corrected chi connectivity index (χ1v) is 5.40. The van der Waals surface area contributed by atoms with E-state index in [1.165, 1.54) is 11.1 Å².